The predicted octanol–water partition coefficient (Wildman–Crippen LogP) is 2.42. The van der Waals surface area contributed by atoms with Crippen molar-refractivity contribution in [2.24, 2.45) is 0 Å². The number of hydrogen-bond donors (Lipinski definition) is 1. The molecule has 0 aromatic carbocycles. The predicted molar refractivity (Wildman–Crippen MR) is 46.9 cm³/mol. The van der Waals surface area contributed by atoms with E-state index in [0.717, 1.165) is 11.3 Å². The maximum Gasteiger partial charge on any atom is 0.0383 e. The standard InChI is InChI=1S/C8H12ClN/c1-5-8(10-4)6(2)7(3)9/h5,10H,1,3H2,2,4H3/b8-6+. The highest BCUT2D eigenvalue weighted by molar-refractivity contribution is 6.31. The molecule has 56 valence electrons. The van der Waals surface area contributed by atoms with Gasteiger partial charge in [-0.1, -0.05) is 24.8 Å². The van der Waals surface area contributed by atoms with Crippen LogP contribution in [0.25, 0.3) is 0 Å². The Morgan fingerprint density at radius 2 is 2.10 bits per heavy atom. The first kappa shape index (κ1) is 9.31. The van der Waals surface area contributed by atoms with Gasteiger partial charge in [0.2, 0.25) is 0 Å². The summed E-state index contributed by atoms with van der Waals surface area (Å²) in [6.07, 6.45) is 1.71. The summed E-state index contributed by atoms with van der Waals surface area (Å²) in [5.74, 6) is 0. The molecule has 0 aliphatic carbocycles. The number of allylic oxidation sites excluding steroid dienone is 3. The molecule has 0 aromatic heterocycles. The summed E-state index contributed by atoms with van der Waals surface area (Å²) >= 11 is 5.64. The highest BCUT2D eigenvalue weighted by Crippen LogP contribution is 2.14. The number of likely N-dealkylation sites (N-methyl/N-ethyl adjacent to an activating group) is 1. The summed E-state index contributed by atoms with van der Waals surface area (Å²) in [7, 11) is 1.82. The van der Waals surface area contributed by atoms with E-state index in [2.05, 4.69) is 18.5 Å². The van der Waals surface area contributed by atoms with Crippen molar-refractivity contribution in [1.29, 1.82) is 0 Å². The third-order valence-electron chi connectivity index (χ3n) is 1.28. The average Bonchev–Trinajstić information content (AvgIpc) is 1.90. The van der Waals surface area contributed by atoms with Crippen LogP contribution in [-0.2, 0) is 0 Å². The Hall–Kier alpha value is -0.690. The summed E-state index contributed by atoms with van der Waals surface area (Å²) in [5, 5.41) is 3.49. The van der Waals surface area contributed by atoms with Crippen molar-refractivity contribution in [1.82, 2.24) is 5.32 Å². The van der Waals surface area contributed by atoms with E-state index in [1.54, 1.807) is 6.08 Å². The average molecular weight is 158 g/mol. The highest BCUT2D eigenvalue weighted by atomic mass is 35.5. The van der Waals surface area contributed by atoms with Crippen LogP contribution >= 0.6 is 11.6 Å². The first-order chi connectivity index (χ1) is 4.63. The quantitative estimate of drug-likeness (QED) is 0.621. The first-order valence-electron chi connectivity index (χ1n) is 2.99. The maximum absolute atomic E-state index is 5.64. The number of nitrogens with one attached hydrogen (secondary N) is 1. The Labute approximate surface area is 67.1 Å². The topological polar surface area (TPSA) is 12.0 Å². The van der Waals surface area contributed by atoms with E-state index in [1.165, 1.54) is 0 Å². The molecule has 0 aromatic rings. The van der Waals surface area contributed by atoms with E-state index in [1.807, 2.05) is 14.0 Å². The van der Waals surface area contributed by atoms with Crippen LogP contribution in [0, 0.1) is 0 Å². The van der Waals surface area contributed by atoms with E-state index in [9.17, 15) is 0 Å². The Morgan fingerprint density at radius 3 is 2.20 bits per heavy atom. The normalized spacial score (nSPS) is 11.9. The van der Waals surface area contributed by atoms with Crippen molar-refractivity contribution >= 4 is 11.6 Å². The van der Waals surface area contributed by atoms with E-state index in [-0.39, 0.29) is 0 Å². The first-order valence-corrected chi connectivity index (χ1v) is 3.37. The molecule has 0 unspecified atom stereocenters. The third-order valence-corrected chi connectivity index (χ3v) is 1.57. The summed E-state index contributed by atoms with van der Waals surface area (Å²) < 4.78 is 0. The molecule has 2 heteroatoms. The zero-order valence-electron chi connectivity index (χ0n) is 6.37. The van der Waals surface area contributed by atoms with Gasteiger partial charge in [-0.2, -0.15) is 0 Å². The zero-order valence-corrected chi connectivity index (χ0v) is 7.13. The van der Waals surface area contributed by atoms with Gasteiger partial charge >= 0.3 is 0 Å². The van der Waals surface area contributed by atoms with Crippen LogP contribution in [0.1, 0.15) is 6.92 Å². The second-order valence-electron chi connectivity index (χ2n) is 1.90. The third kappa shape index (κ3) is 2.28. The SMILES string of the molecule is C=C/C(NC)=C(/C)C(=C)Cl. The molecule has 0 atom stereocenters. The van der Waals surface area contributed by atoms with Crippen LogP contribution < -0.4 is 5.32 Å². The second-order valence-corrected chi connectivity index (χ2v) is 2.35. The van der Waals surface area contributed by atoms with Crippen LogP contribution in [0.15, 0.2) is 35.5 Å². The maximum atomic E-state index is 5.64. The highest BCUT2D eigenvalue weighted by Gasteiger charge is 1.96. The van der Waals surface area contributed by atoms with Gasteiger partial charge in [0, 0.05) is 17.8 Å². The number of hydrogen-bond acceptors (Lipinski definition) is 1. The van der Waals surface area contributed by atoms with Crippen molar-refractivity contribution in [3.05, 3.63) is 35.5 Å². The van der Waals surface area contributed by atoms with Crippen LogP contribution in [0.4, 0.5) is 0 Å². The van der Waals surface area contributed by atoms with Gasteiger partial charge in [-0.15, -0.1) is 0 Å². The molecular weight excluding hydrogens is 146 g/mol. The van der Waals surface area contributed by atoms with Crippen LogP contribution in [0.5, 0.6) is 0 Å². The van der Waals surface area contributed by atoms with Gasteiger partial charge in [-0.25, -0.2) is 0 Å². The summed E-state index contributed by atoms with van der Waals surface area (Å²) in [6.45, 7) is 9.10. The van der Waals surface area contributed by atoms with E-state index in [0.29, 0.717) is 5.03 Å². The van der Waals surface area contributed by atoms with E-state index in [4.69, 9.17) is 11.6 Å². The van der Waals surface area contributed by atoms with Crippen molar-refractivity contribution < 1.29 is 0 Å². The molecule has 1 nitrogen and oxygen atoms in total. The van der Waals surface area contributed by atoms with Crippen molar-refractivity contribution in [2.75, 3.05) is 7.05 Å². The molecule has 1 N–H and O–H groups in total. The summed E-state index contributed by atoms with van der Waals surface area (Å²) in [6, 6.07) is 0. The van der Waals surface area contributed by atoms with Gasteiger partial charge in [0.15, 0.2) is 0 Å². The van der Waals surface area contributed by atoms with E-state index < -0.39 is 0 Å². The molecule has 0 aliphatic heterocycles. The molecule has 0 amide bonds. The molecule has 0 heterocycles. The molecule has 0 radical (unpaired) electrons. The molecule has 0 aliphatic rings. The Balaban J connectivity index is 4.59. The minimum Gasteiger partial charge on any atom is -0.388 e. The minimum absolute atomic E-state index is 0.546. The lowest BCUT2D eigenvalue weighted by atomic mass is 10.2. The lowest BCUT2D eigenvalue weighted by molar-refractivity contribution is 1.01. The molecule has 0 rings (SSSR count). The molecule has 10 heavy (non-hydrogen) atoms. The molecule has 0 saturated carbocycles. The largest absolute Gasteiger partial charge is 0.388 e. The van der Waals surface area contributed by atoms with E-state index >= 15 is 0 Å². The fourth-order valence-corrected chi connectivity index (χ4v) is 0.691. The van der Waals surface area contributed by atoms with Crippen LogP contribution in [-0.4, -0.2) is 7.05 Å². The monoisotopic (exact) mass is 157 g/mol. The van der Waals surface area contributed by atoms with Crippen molar-refractivity contribution in [2.45, 2.75) is 6.92 Å². The zero-order chi connectivity index (χ0) is 8.15. The lowest BCUT2D eigenvalue weighted by Gasteiger charge is -2.04. The van der Waals surface area contributed by atoms with Gasteiger partial charge in [0.05, 0.1) is 0 Å². The van der Waals surface area contributed by atoms with Crippen LogP contribution in [0.2, 0.25) is 0 Å². The molecular formula is C8H12ClN. The van der Waals surface area contributed by atoms with Gasteiger partial charge in [0.1, 0.15) is 0 Å². The lowest BCUT2D eigenvalue weighted by Crippen LogP contribution is -2.05. The fraction of sp³-hybridized carbons (Fsp3) is 0.250. The van der Waals surface area contributed by atoms with Crippen LogP contribution in [0.3, 0.4) is 0 Å². The minimum atomic E-state index is 0.546. The van der Waals surface area contributed by atoms with Crippen molar-refractivity contribution in [3.8, 4) is 0 Å². The van der Waals surface area contributed by atoms with Gasteiger partial charge in [0.25, 0.3) is 0 Å². The molecule has 0 spiro atoms. The van der Waals surface area contributed by atoms with Gasteiger partial charge < -0.3 is 5.32 Å². The Bertz CT molecular complexity index is 180. The fourth-order valence-electron chi connectivity index (χ4n) is 0.589. The number of halogens is 1. The molecule has 0 fully saturated rings. The summed E-state index contributed by atoms with van der Waals surface area (Å²) in [5.41, 5.74) is 1.85. The smallest absolute Gasteiger partial charge is 0.0383 e. The summed E-state index contributed by atoms with van der Waals surface area (Å²) in [4.78, 5) is 0. The van der Waals surface area contributed by atoms with Crippen molar-refractivity contribution in [3.63, 3.8) is 0 Å². The molecule has 0 bridgehead atoms. The Morgan fingerprint density at radius 1 is 1.60 bits per heavy atom. The van der Waals surface area contributed by atoms with Gasteiger partial charge in [-0.05, 0) is 18.6 Å². The second kappa shape index (κ2) is 4.18. The van der Waals surface area contributed by atoms with Gasteiger partial charge in [-0.3, -0.25) is 0 Å². The number of rotatable bonds is 3. The molecule has 0 saturated heterocycles. The Kier molecular flexibility index (Phi) is 3.89.